The predicted octanol–water partition coefficient (Wildman–Crippen LogP) is 1.29. The summed E-state index contributed by atoms with van der Waals surface area (Å²) in [5.74, 6) is -0.391. The third kappa shape index (κ3) is 7.26. The van der Waals surface area contributed by atoms with Crippen molar-refractivity contribution < 1.29 is 17.8 Å². The van der Waals surface area contributed by atoms with E-state index < -0.39 is 16.0 Å². The fourth-order valence-corrected chi connectivity index (χ4v) is 1.35. The predicted molar refractivity (Wildman–Crippen MR) is 65.0 cm³/mol. The zero-order valence-electron chi connectivity index (χ0n) is 9.62. The highest BCUT2D eigenvalue weighted by atomic mass is 32.2. The molecule has 0 aliphatic heterocycles. The lowest BCUT2D eigenvalue weighted by Crippen LogP contribution is -2.04. The van der Waals surface area contributed by atoms with Gasteiger partial charge in [-0.25, -0.2) is 0 Å². The second-order valence-corrected chi connectivity index (χ2v) is 4.61. The minimum atomic E-state index is -4.02. The van der Waals surface area contributed by atoms with Gasteiger partial charge >= 0.3 is 0 Å². The monoisotopic (exact) mass is 257 g/mol. The second kappa shape index (κ2) is 6.82. The van der Waals surface area contributed by atoms with Crippen molar-refractivity contribution in [3.05, 3.63) is 42.0 Å². The Bertz CT molecular complexity index is 489. The average molecular weight is 257 g/mol. The molecule has 1 amide bonds. The molecule has 0 saturated carbocycles. The van der Waals surface area contributed by atoms with E-state index in [-0.39, 0.29) is 4.90 Å². The van der Waals surface area contributed by atoms with E-state index in [2.05, 4.69) is 5.73 Å². The highest BCUT2D eigenvalue weighted by Gasteiger charge is 2.06. The summed E-state index contributed by atoms with van der Waals surface area (Å²) in [5.41, 5.74) is 5.63. The van der Waals surface area contributed by atoms with E-state index in [9.17, 15) is 13.2 Å². The number of primary amides is 1. The number of amides is 1. The molecule has 0 bridgehead atoms. The van der Waals surface area contributed by atoms with Gasteiger partial charge in [-0.2, -0.15) is 8.42 Å². The van der Waals surface area contributed by atoms with Crippen molar-refractivity contribution in [2.45, 2.75) is 18.7 Å². The van der Waals surface area contributed by atoms with Crippen LogP contribution in [0.4, 0.5) is 0 Å². The van der Waals surface area contributed by atoms with Gasteiger partial charge < -0.3 is 5.73 Å². The quantitative estimate of drug-likeness (QED) is 0.616. The molecule has 0 aromatic heterocycles. The van der Waals surface area contributed by atoms with Crippen LogP contribution in [0.5, 0.6) is 0 Å². The van der Waals surface area contributed by atoms with Crippen LogP contribution in [0.15, 0.2) is 41.3 Å². The average Bonchev–Trinajstić information content (AvgIpc) is 2.17. The number of hydrogen-bond donors (Lipinski definition) is 2. The zero-order valence-corrected chi connectivity index (χ0v) is 10.4. The summed E-state index contributed by atoms with van der Waals surface area (Å²) in [6, 6.07) is 5.99. The molecule has 17 heavy (non-hydrogen) atoms. The molecule has 1 aromatic carbocycles. The standard InChI is InChI=1S/C7H8O3S.C4H7NO/c1-6-2-4-7(5-3-6)11(8,9)10;1-2-3-4(5)6/h2-5H,1H3,(H,8,9,10);2-3H,1H3,(H2,5,6). The Hall–Kier alpha value is -1.66. The lowest BCUT2D eigenvalue weighted by atomic mass is 10.2. The van der Waals surface area contributed by atoms with Crippen LogP contribution >= 0.6 is 0 Å². The van der Waals surface area contributed by atoms with Crippen molar-refractivity contribution in [1.82, 2.24) is 0 Å². The number of hydrogen-bond acceptors (Lipinski definition) is 3. The maximum Gasteiger partial charge on any atom is 0.294 e. The number of carbonyl (C=O) groups is 1. The molecule has 0 heterocycles. The Morgan fingerprint density at radius 1 is 1.29 bits per heavy atom. The molecule has 0 atom stereocenters. The van der Waals surface area contributed by atoms with Gasteiger partial charge in [0.15, 0.2) is 0 Å². The minimum Gasteiger partial charge on any atom is -0.366 e. The van der Waals surface area contributed by atoms with Crippen LogP contribution in [0.3, 0.4) is 0 Å². The van der Waals surface area contributed by atoms with Crippen LogP contribution in [0.2, 0.25) is 0 Å². The minimum absolute atomic E-state index is 0.0666. The summed E-state index contributed by atoms with van der Waals surface area (Å²) >= 11 is 0. The molecule has 0 fully saturated rings. The van der Waals surface area contributed by atoms with Gasteiger partial charge in [-0.1, -0.05) is 23.8 Å². The molecular weight excluding hydrogens is 242 g/mol. The van der Waals surface area contributed by atoms with Gasteiger partial charge in [0.1, 0.15) is 0 Å². The lowest BCUT2D eigenvalue weighted by molar-refractivity contribution is -0.113. The van der Waals surface area contributed by atoms with E-state index in [0.29, 0.717) is 0 Å². The molecule has 0 unspecified atom stereocenters. The molecule has 1 rings (SSSR count). The Balaban J connectivity index is 0.000000366. The summed E-state index contributed by atoms with van der Waals surface area (Å²) in [6.45, 7) is 3.58. The number of rotatable bonds is 2. The molecule has 5 nitrogen and oxygen atoms in total. The fourth-order valence-electron chi connectivity index (χ4n) is 0.875. The summed E-state index contributed by atoms with van der Waals surface area (Å²) in [5, 5.41) is 0. The van der Waals surface area contributed by atoms with Gasteiger partial charge in [-0.15, -0.1) is 0 Å². The smallest absolute Gasteiger partial charge is 0.294 e. The first-order valence-electron chi connectivity index (χ1n) is 4.73. The Labute approximate surface area is 101 Å². The molecule has 0 spiro atoms. The summed E-state index contributed by atoms with van der Waals surface area (Å²) < 4.78 is 29.6. The third-order valence-electron chi connectivity index (χ3n) is 1.65. The van der Waals surface area contributed by atoms with Crippen LogP contribution in [0.25, 0.3) is 0 Å². The number of benzene rings is 1. The molecule has 1 aromatic rings. The van der Waals surface area contributed by atoms with E-state index >= 15 is 0 Å². The highest BCUT2D eigenvalue weighted by Crippen LogP contribution is 2.08. The molecule has 6 heteroatoms. The van der Waals surface area contributed by atoms with Crippen molar-refractivity contribution >= 4 is 16.0 Å². The van der Waals surface area contributed by atoms with E-state index in [1.165, 1.54) is 18.2 Å². The van der Waals surface area contributed by atoms with E-state index in [0.717, 1.165) is 5.56 Å². The topological polar surface area (TPSA) is 97.5 Å². The summed E-state index contributed by atoms with van der Waals surface area (Å²) in [4.78, 5) is 9.67. The van der Waals surface area contributed by atoms with Gasteiger partial charge in [0, 0.05) is 0 Å². The van der Waals surface area contributed by atoms with Crippen LogP contribution < -0.4 is 5.73 Å². The van der Waals surface area contributed by atoms with Crippen molar-refractivity contribution in [2.75, 3.05) is 0 Å². The number of nitrogens with two attached hydrogens (primary N) is 1. The summed E-state index contributed by atoms with van der Waals surface area (Å²) in [7, 11) is -4.02. The largest absolute Gasteiger partial charge is 0.366 e. The zero-order chi connectivity index (χ0) is 13.5. The van der Waals surface area contributed by atoms with Crippen molar-refractivity contribution in [3.63, 3.8) is 0 Å². The normalized spacial score (nSPS) is 10.8. The van der Waals surface area contributed by atoms with Gasteiger partial charge in [0.25, 0.3) is 10.1 Å². The van der Waals surface area contributed by atoms with Crippen molar-refractivity contribution in [1.29, 1.82) is 0 Å². The molecular formula is C11H15NO4S. The van der Waals surface area contributed by atoms with Gasteiger partial charge in [0.2, 0.25) is 5.91 Å². The fraction of sp³-hybridized carbons (Fsp3) is 0.182. The van der Waals surface area contributed by atoms with Crippen molar-refractivity contribution in [3.8, 4) is 0 Å². The number of carbonyl (C=O) groups excluding carboxylic acids is 1. The van der Waals surface area contributed by atoms with Crippen LogP contribution in [-0.2, 0) is 14.9 Å². The van der Waals surface area contributed by atoms with Gasteiger partial charge in [-0.05, 0) is 32.1 Å². The van der Waals surface area contributed by atoms with Crippen molar-refractivity contribution in [2.24, 2.45) is 5.73 Å². The number of aryl methyl sites for hydroxylation is 1. The summed E-state index contributed by atoms with van der Waals surface area (Å²) in [6.07, 6.45) is 2.91. The first-order chi connectivity index (χ1) is 7.77. The maximum absolute atomic E-state index is 10.5. The third-order valence-corrected chi connectivity index (χ3v) is 2.52. The van der Waals surface area contributed by atoms with E-state index in [4.69, 9.17) is 4.55 Å². The lowest BCUT2D eigenvalue weighted by Gasteiger charge is -1.95. The first-order valence-corrected chi connectivity index (χ1v) is 6.17. The van der Waals surface area contributed by atoms with E-state index in [1.807, 2.05) is 6.92 Å². The Kier molecular flexibility index (Phi) is 6.16. The molecule has 94 valence electrons. The molecule has 0 aliphatic carbocycles. The molecule has 0 aliphatic rings. The maximum atomic E-state index is 10.5. The van der Waals surface area contributed by atoms with Gasteiger partial charge in [-0.3, -0.25) is 9.35 Å². The van der Waals surface area contributed by atoms with Crippen LogP contribution in [0.1, 0.15) is 12.5 Å². The van der Waals surface area contributed by atoms with Crippen LogP contribution in [0, 0.1) is 6.92 Å². The van der Waals surface area contributed by atoms with Crippen LogP contribution in [-0.4, -0.2) is 18.9 Å². The molecule has 0 saturated heterocycles. The Morgan fingerprint density at radius 2 is 1.76 bits per heavy atom. The SMILES string of the molecule is CC=CC(N)=O.Cc1ccc(S(=O)(=O)O)cc1. The Morgan fingerprint density at radius 3 is 2.00 bits per heavy atom. The molecule has 0 radical (unpaired) electrons. The number of allylic oxidation sites excluding steroid dienone is 1. The first kappa shape index (κ1) is 15.3. The highest BCUT2D eigenvalue weighted by molar-refractivity contribution is 7.85. The van der Waals surface area contributed by atoms with Gasteiger partial charge in [0.05, 0.1) is 4.90 Å². The molecule has 3 N–H and O–H groups in total. The second-order valence-electron chi connectivity index (χ2n) is 3.19. The van der Waals surface area contributed by atoms with E-state index in [1.54, 1.807) is 25.1 Å².